The first kappa shape index (κ1) is 31.7. The van der Waals surface area contributed by atoms with Gasteiger partial charge in [-0.05, 0) is 44.6 Å². The zero-order chi connectivity index (χ0) is 24.4. The van der Waals surface area contributed by atoms with Crippen LogP contribution in [0, 0.1) is 0 Å². The lowest BCUT2D eigenvalue weighted by molar-refractivity contribution is -0.147. The maximum absolute atomic E-state index is 12.3. The number of hydrogen-bond donors (Lipinski definition) is 1. The molecule has 0 bridgehead atoms. The number of ether oxygens (including phenoxy) is 1. The molecule has 0 aliphatic rings. The van der Waals surface area contributed by atoms with Crippen LogP contribution >= 0.6 is 0 Å². The molecule has 0 heterocycles. The standard InChI is InChI=1S/C29H54O4/c1-3-5-7-9-11-12-15-19-23-27(24-20-16-13-14-17-21-25-28(30)31)33-29(32)26-22-18-10-8-6-4-2/h19,23,27H,3-18,20-22,24-26H2,1-2H3,(H,30,31)/b23-19-. The second-order valence-electron chi connectivity index (χ2n) is 9.58. The number of allylic oxidation sites excluding steroid dienone is 1. The molecule has 194 valence electrons. The Morgan fingerprint density at radius 3 is 1.73 bits per heavy atom. The number of carboxylic acids is 1. The zero-order valence-electron chi connectivity index (χ0n) is 22.0. The molecule has 0 radical (unpaired) electrons. The molecule has 33 heavy (non-hydrogen) atoms. The summed E-state index contributed by atoms with van der Waals surface area (Å²) in [6.45, 7) is 4.47. The van der Waals surface area contributed by atoms with Gasteiger partial charge >= 0.3 is 11.9 Å². The van der Waals surface area contributed by atoms with E-state index in [0.29, 0.717) is 6.42 Å². The smallest absolute Gasteiger partial charge is 0.306 e. The third kappa shape index (κ3) is 25.1. The van der Waals surface area contributed by atoms with Gasteiger partial charge in [0.1, 0.15) is 6.10 Å². The minimum atomic E-state index is -0.701. The Morgan fingerprint density at radius 2 is 1.15 bits per heavy atom. The molecule has 0 aliphatic heterocycles. The number of aliphatic carboxylic acids is 1. The minimum Gasteiger partial charge on any atom is -0.481 e. The number of carboxylic acid groups (broad SMARTS) is 1. The van der Waals surface area contributed by atoms with Crippen LogP contribution in [0.15, 0.2) is 12.2 Å². The highest BCUT2D eigenvalue weighted by molar-refractivity contribution is 5.69. The van der Waals surface area contributed by atoms with E-state index in [9.17, 15) is 9.59 Å². The predicted octanol–water partition coefficient (Wildman–Crippen LogP) is 9.16. The Labute approximate surface area is 204 Å². The fourth-order valence-electron chi connectivity index (χ4n) is 4.09. The van der Waals surface area contributed by atoms with Gasteiger partial charge in [0.05, 0.1) is 0 Å². The van der Waals surface area contributed by atoms with Crippen molar-refractivity contribution in [2.45, 2.75) is 161 Å². The Morgan fingerprint density at radius 1 is 0.667 bits per heavy atom. The molecule has 1 N–H and O–H groups in total. The second-order valence-corrected chi connectivity index (χ2v) is 9.58. The van der Waals surface area contributed by atoms with Gasteiger partial charge < -0.3 is 9.84 Å². The van der Waals surface area contributed by atoms with E-state index in [2.05, 4.69) is 26.0 Å². The fourth-order valence-corrected chi connectivity index (χ4v) is 4.09. The molecular formula is C29H54O4. The van der Waals surface area contributed by atoms with Crippen LogP contribution in [-0.2, 0) is 14.3 Å². The van der Waals surface area contributed by atoms with Crippen LogP contribution in [0.5, 0.6) is 0 Å². The van der Waals surface area contributed by atoms with Crippen molar-refractivity contribution >= 4 is 11.9 Å². The van der Waals surface area contributed by atoms with E-state index < -0.39 is 5.97 Å². The highest BCUT2D eigenvalue weighted by atomic mass is 16.5. The molecular weight excluding hydrogens is 412 g/mol. The Bertz CT molecular complexity index is 472. The summed E-state index contributed by atoms with van der Waals surface area (Å²) >= 11 is 0. The van der Waals surface area contributed by atoms with E-state index in [0.717, 1.165) is 64.2 Å². The van der Waals surface area contributed by atoms with Crippen molar-refractivity contribution in [1.82, 2.24) is 0 Å². The first-order valence-corrected chi connectivity index (χ1v) is 14.2. The van der Waals surface area contributed by atoms with Crippen LogP contribution in [-0.4, -0.2) is 23.1 Å². The van der Waals surface area contributed by atoms with Gasteiger partial charge in [-0.1, -0.05) is 110 Å². The molecule has 1 atom stereocenters. The summed E-state index contributed by atoms with van der Waals surface area (Å²) in [4.78, 5) is 22.9. The molecule has 4 heteroatoms. The van der Waals surface area contributed by atoms with Crippen molar-refractivity contribution in [3.63, 3.8) is 0 Å². The van der Waals surface area contributed by atoms with Crippen molar-refractivity contribution in [3.05, 3.63) is 12.2 Å². The second kappa shape index (κ2) is 25.3. The Balaban J connectivity index is 4.16. The fraction of sp³-hybridized carbons (Fsp3) is 0.862. The van der Waals surface area contributed by atoms with Gasteiger partial charge in [0.2, 0.25) is 0 Å². The first-order valence-electron chi connectivity index (χ1n) is 14.2. The van der Waals surface area contributed by atoms with Crippen LogP contribution in [0.1, 0.15) is 155 Å². The zero-order valence-corrected chi connectivity index (χ0v) is 22.0. The van der Waals surface area contributed by atoms with Crippen LogP contribution in [0.3, 0.4) is 0 Å². The molecule has 0 amide bonds. The van der Waals surface area contributed by atoms with Gasteiger partial charge in [-0.15, -0.1) is 0 Å². The molecule has 0 spiro atoms. The van der Waals surface area contributed by atoms with E-state index >= 15 is 0 Å². The summed E-state index contributed by atoms with van der Waals surface area (Å²) < 4.78 is 5.82. The number of rotatable bonds is 25. The largest absolute Gasteiger partial charge is 0.481 e. The highest BCUT2D eigenvalue weighted by Gasteiger charge is 2.11. The molecule has 0 saturated carbocycles. The first-order chi connectivity index (χ1) is 16.1. The molecule has 0 aromatic carbocycles. The van der Waals surface area contributed by atoms with E-state index in [1.165, 1.54) is 64.2 Å². The topological polar surface area (TPSA) is 63.6 Å². The summed E-state index contributed by atoms with van der Waals surface area (Å²) in [5.41, 5.74) is 0. The predicted molar refractivity (Wildman–Crippen MR) is 140 cm³/mol. The lowest BCUT2D eigenvalue weighted by Gasteiger charge is -2.15. The van der Waals surface area contributed by atoms with Gasteiger partial charge in [0, 0.05) is 12.8 Å². The summed E-state index contributed by atoms with van der Waals surface area (Å²) in [5, 5.41) is 8.69. The third-order valence-electron chi connectivity index (χ3n) is 6.22. The SMILES string of the molecule is CCCCCCCC/C=C\C(CCCCCCCCC(=O)O)OC(=O)CCCCCCCC. The molecule has 0 fully saturated rings. The van der Waals surface area contributed by atoms with Crippen LogP contribution in [0.25, 0.3) is 0 Å². The lowest BCUT2D eigenvalue weighted by atomic mass is 10.0. The van der Waals surface area contributed by atoms with Crippen molar-refractivity contribution in [2.75, 3.05) is 0 Å². The van der Waals surface area contributed by atoms with Crippen molar-refractivity contribution in [1.29, 1.82) is 0 Å². The lowest BCUT2D eigenvalue weighted by Crippen LogP contribution is -2.16. The number of carbonyl (C=O) groups excluding carboxylic acids is 1. The van der Waals surface area contributed by atoms with Crippen molar-refractivity contribution in [3.8, 4) is 0 Å². The summed E-state index contributed by atoms with van der Waals surface area (Å²) in [6, 6.07) is 0. The van der Waals surface area contributed by atoms with Crippen LogP contribution in [0.4, 0.5) is 0 Å². The van der Waals surface area contributed by atoms with Gasteiger partial charge in [0.15, 0.2) is 0 Å². The number of unbranched alkanes of at least 4 members (excludes halogenated alkanes) is 16. The summed E-state index contributed by atoms with van der Waals surface area (Å²) in [6.07, 6.45) is 28.0. The van der Waals surface area contributed by atoms with Crippen LogP contribution in [0.2, 0.25) is 0 Å². The molecule has 0 aliphatic carbocycles. The normalized spacial score (nSPS) is 12.3. The summed E-state index contributed by atoms with van der Waals surface area (Å²) in [7, 11) is 0. The molecule has 0 aromatic rings. The van der Waals surface area contributed by atoms with E-state index in [1.807, 2.05) is 0 Å². The van der Waals surface area contributed by atoms with Gasteiger partial charge in [0.25, 0.3) is 0 Å². The van der Waals surface area contributed by atoms with Gasteiger partial charge in [-0.25, -0.2) is 0 Å². The quantitative estimate of drug-likeness (QED) is 0.0827. The molecule has 0 rings (SSSR count). The van der Waals surface area contributed by atoms with Gasteiger partial charge in [-0.3, -0.25) is 9.59 Å². The van der Waals surface area contributed by atoms with Crippen LogP contribution < -0.4 is 0 Å². The average Bonchev–Trinajstić information content (AvgIpc) is 2.79. The third-order valence-corrected chi connectivity index (χ3v) is 6.22. The maximum Gasteiger partial charge on any atom is 0.306 e. The molecule has 1 unspecified atom stereocenters. The molecule has 4 nitrogen and oxygen atoms in total. The monoisotopic (exact) mass is 466 g/mol. The van der Waals surface area contributed by atoms with E-state index in [-0.39, 0.29) is 18.5 Å². The molecule has 0 aromatic heterocycles. The molecule has 0 saturated heterocycles. The van der Waals surface area contributed by atoms with Crippen molar-refractivity contribution < 1.29 is 19.4 Å². The highest BCUT2D eigenvalue weighted by Crippen LogP contribution is 2.15. The average molecular weight is 467 g/mol. The van der Waals surface area contributed by atoms with Crippen molar-refractivity contribution in [2.24, 2.45) is 0 Å². The number of esters is 1. The van der Waals surface area contributed by atoms with Gasteiger partial charge in [-0.2, -0.15) is 0 Å². The number of carbonyl (C=O) groups is 2. The van der Waals surface area contributed by atoms with E-state index in [1.54, 1.807) is 0 Å². The van der Waals surface area contributed by atoms with E-state index in [4.69, 9.17) is 9.84 Å². The summed E-state index contributed by atoms with van der Waals surface area (Å²) in [5.74, 6) is -0.748. The number of hydrogen-bond acceptors (Lipinski definition) is 3. The minimum absolute atomic E-state index is 0.0478. The Hall–Kier alpha value is -1.32. The Kier molecular flexibility index (Phi) is 24.3. The maximum atomic E-state index is 12.3.